The molecule has 0 unspecified atom stereocenters. The molecule has 2 aromatic heterocycles. The smallest absolute Gasteiger partial charge is 0.347 e. The summed E-state index contributed by atoms with van der Waals surface area (Å²) in [6.45, 7) is 1.74. The van der Waals surface area contributed by atoms with E-state index in [-0.39, 0.29) is 40.4 Å². The summed E-state index contributed by atoms with van der Waals surface area (Å²) >= 11 is 0. The zero-order valence-corrected chi connectivity index (χ0v) is 17.1. The van der Waals surface area contributed by atoms with E-state index in [9.17, 15) is 23.2 Å². The monoisotopic (exact) mass is 440 g/mol. The third kappa shape index (κ3) is 3.25. The van der Waals surface area contributed by atoms with Crippen molar-refractivity contribution in [3.63, 3.8) is 0 Å². The van der Waals surface area contributed by atoms with Gasteiger partial charge in [0.2, 0.25) is 0 Å². The Bertz CT molecular complexity index is 1260. The number of hydrogen-bond acceptors (Lipinski definition) is 5. The Morgan fingerprint density at radius 2 is 2.09 bits per heavy atom. The average Bonchev–Trinajstić information content (AvgIpc) is 3.44. The number of aromatic nitrogens is 3. The van der Waals surface area contributed by atoms with Crippen LogP contribution in [0.3, 0.4) is 0 Å². The summed E-state index contributed by atoms with van der Waals surface area (Å²) in [6, 6.07) is 7.01. The third-order valence-electron chi connectivity index (χ3n) is 6.29. The van der Waals surface area contributed by atoms with E-state index in [1.807, 2.05) is 0 Å². The molecule has 164 valence electrons. The quantitative estimate of drug-likeness (QED) is 0.630. The molecule has 7 nitrogen and oxygen atoms in total. The van der Waals surface area contributed by atoms with Gasteiger partial charge in [0, 0.05) is 22.7 Å². The van der Waals surface area contributed by atoms with Crippen LogP contribution in [0.1, 0.15) is 40.9 Å². The zero-order chi connectivity index (χ0) is 22.6. The summed E-state index contributed by atoms with van der Waals surface area (Å²) in [6.07, 6.45) is 1.07. The Balaban J connectivity index is 1.53. The molecule has 32 heavy (non-hydrogen) atoms. The van der Waals surface area contributed by atoms with Crippen LogP contribution in [0.5, 0.6) is 0 Å². The van der Waals surface area contributed by atoms with Gasteiger partial charge in [0.25, 0.3) is 5.91 Å². The zero-order valence-electron chi connectivity index (χ0n) is 17.1. The first-order chi connectivity index (χ1) is 15.3. The van der Waals surface area contributed by atoms with Crippen molar-refractivity contribution in [2.75, 3.05) is 0 Å². The molecule has 4 heterocycles. The Hall–Kier alpha value is -3.61. The Kier molecular flexibility index (Phi) is 4.58. The van der Waals surface area contributed by atoms with Crippen LogP contribution < -0.4 is 5.32 Å². The lowest BCUT2D eigenvalue weighted by molar-refractivity contribution is -0.136. The molecule has 2 fully saturated rings. The molecule has 10 heteroatoms. The van der Waals surface area contributed by atoms with Crippen molar-refractivity contribution in [2.45, 2.75) is 50.5 Å². The molecule has 2 aliphatic rings. The van der Waals surface area contributed by atoms with Gasteiger partial charge in [0.1, 0.15) is 0 Å². The number of halogens is 3. The molecular weight excluding hydrogens is 421 g/mol. The van der Waals surface area contributed by atoms with Crippen molar-refractivity contribution in [3.05, 3.63) is 53.3 Å². The van der Waals surface area contributed by atoms with Gasteiger partial charge in [0.15, 0.2) is 12.0 Å². The number of nitrogens with one attached hydrogen (secondary N) is 1. The lowest BCUT2D eigenvalue weighted by Gasteiger charge is -2.22. The second-order valence-electron chi connectivity index (χ2n) is 8.27. The van der Waals surface area contributed by atoms with E-state index in [0.717, 1.165) is 23.6 Å². The Labute approximate surface area is 181 Å². The van der Waals surface area contributed by atoms with E-state index in [4.69, 9.17) is 0 Å². The minimum atomic E-state index is -4.69. The van der Waals surface area contributed by atoms with E-state index in [1.54, 1.807) is 30.0 Å². The van der Waals surface area contributed by atoms with Gasteiger partial charge in [-0.2, -0.15) is 23.5 Å². The van der Waals surface area contributed by atoms with Gasteiger partial charge in [-0.05, 0) is 50.5 Å². The molecule has 5 rings (SSSR count). The molecular formula is C22H19F3N6O. The lowest BCUT2D eigenvalue weighted by Crippen LogP contribution is -2.43. The summed E-state index contributed by atoms with van der Waals surface area (Å²) in [5, 5.41) is 16.4. The Morgan fingerprint density at radius 1 is 1.28 bits per heavy atom. The van der Waals surface area contributed by atoms with Crippen LogP contribution in [-0.2, 0) is 6.18 Å². The molecule has 3 atom stereocenters. The number of hydrogen-bond donors (Lipinski definition) is 1. The number of fused-ring (bicyclic) bond motifs is 3. The average molecular weight is 440 g/mol. The summed E-state index contributed by atoms with van der Waals surface area (Å²) in [5.74, 6) is -0.324. The number of benzene rings is 1. The van der Waals surface area contributed by atoms with Gasteiger partial charge < -0.3 is 10.2 Å². The second-order valence-corrected chi connectivity index (χ2v) is 8.27. The molecule has 1 aromatic carbocycles. The predicted octanol–water partition coefficient (Wildman–Crippen LogP) is 3.56. The predicted molar refractivity (Wildman–Crippen MR) is 109 cm³/mol. The van der Waals surface area contributed by atoms with Crippen LogP contribution >= 0.6 is 0 Å². The van der Waals surface area contributed by atoms with E-state index in [0.29, 0.717) is 12.1 Å². The highest BCUT2D eigenvalue weighted by atomic mass is 19.4. The molecule has 3 aromatic rings. The van der Waals surface area contributed by atoms with Crippen LogP contribution in [0, 0.1) is 18.4 Å². The van der Waals surface area contributed by atoms with Gasteiger partial charge >= 0.3 is 6.18 Å². The number of carbonyl (C=O) groups excluding carboxylic acids is 1. The molecule has 0 radical (unpaired) electrons. The van der Waals surface area contributed by atoms with Crippen molar-refractivity contribution in [1.29, 1.82) is 5.26 Å². The SMILES string of the molecule is Cc1cccc(-n2ncc3cc(C(=O)N[C@@H]4C[C@@H]5CC[C@H]4N5C#N)cc(C(F)(F)F)c32)n1. The maximum Gasteiger partial charge on any atom is 0.418 e. The molecule has 0 saturated carbocycles. The number of rotatable bonds is 3. The van der Waals surface area contributed by atoms with Gasteiger partial charge in [-0.1, -0.05) is 6.07 Å². The second kappa shape index (κ2) is 7.22. The number of amides is 1. The maximum atomic E-state index is 14.0. The first-order valence-electron chi connectivity index (χ1n) is 10.3. The summed E-state index contributed by atoms with van der Waals surface area (Å²) in [7, 11) is 0. The highest BCUT2D eigenvalue weighted by Crippen LogP contribution is 2.38. The maximum absolute atomic E-state index is 14.0. The number of carbonyl (C=O) groups is 1. The van der Waals surface area contributed by atoms with Crippen LogP contribution in [0.25, 0.3) is 16.7 Å². The highest BCUT2D eigenvalue weighted by molar-refractivity contribution is 5.99. The molecule has 1 amide bonds. The molecule has 0 aliphatic carbocycles. The minimum Gasteiger partial charge on any atom is -0.347 e. The van der Waals surface area contributed by atoms with E-state index >= 15 is 0 Å². The first kappa shape index (κ1) is 20.3. The summed E-state index contributed by atoms with van der Waals surface area (Å²) in [4.78, 5) is 18.9. The number of nitriles is 1. The van der Waals surface area contributed by atoms with Crippen molar-refractivity contribution in [3.8, 4) is 12.0 Å². The summed E-state index contributed by atoms with van der Waals surface area (Å²) < 4.78 is 43.2. The van der Waals surface area contributed by atoms with Gasteiger partial charge in [-0.3, -0.25) is 4.79 Å². The van der Waals surface area contributed by atoms with Gasteiger partial charge in [-0.25, -0.2) is 9.67 Å². The standard InChI is InChI=1S/C22H19F3N6O/c1-12-3-2-4-19(28-12)31-20-14(10-27-31)7-13(8-16(20)22(23,24)25)21(32)29-17-9-15-5-6-18(17)30(15)11-26/h2-4,7-8,10,15,17-18H,5-6,9H2,1H3,(H,29,32)/t15-,17+,18+/m0/s1. The molecule has 2 aliphatic heterocycles. The Morgan fingerprint density at radius 3 is 2.78 bits per heavy atom. The van der Waals surface area contributed by atoms with Gasteiger partial charge in [0.05, 0.1) is 29.4 Å². The number of pyridine rings is 1. The minimum absolute atomic E-state index is 0.0866. The highest BCUT2D eigenvalue weighted by Gasteiger charge is 2.46. The number of alkyl halides is 3. The van der Waals surface area contributed by atoms with Crippen molar-refractivity contribution in [2.24, 2.45) is 0 Å². The number of nitrogens with zero attached hydrogens (tertiary/aromatic N) is 5. The largest absolute Gasteiger partial charge is 0.418 e. The van der Waals surface area contributed by atoms with Crippen molar-refractivity contribution >= 4 is 16.8 Å². The molecule has 0 spiro atoms. The van der Waals surface area contributed by atoms with E-state index < -0.39 is 17.6 Å². The van der Waals surface area contributed by atoms with Crippen molar-refractivity contribution < 1.29 is 18.0 Å². The van der Waals surface area contributed by atoms with E-state index in [1.165, 1.54) is 12.3 Å². The molecule has 1 N–H and O–H groups in total. The van der Waals surface area contributed by atoms with Gasteiger partial charge in [-0.15, -0.1) is 0 Å². The summed E-state index contributed by atoms with van der Waals surface area (Å²) in [5.41, 5.74) is -0.545. The molecule has 2 bridgehead atoms. The van der Waals surface area contributed by atoms with Crippen molar-refractivity contribution in [1.82, 2.24) is 25.0 Å². The topological polar surface area (TPSA) is 86.8 Å². The number of aryl methyl sites for hydroxylation is 1. The van der Waals surface area contributed by atoms with E-state index in [2.05, 4.69) is 21.6 Å². The fourth-order valence-corrected chi connectivity index (χ4v) is 4.89. The fraction of sp³-hybridized carbons (Fsp3) is 0.364. The van der Waals surface area contributed by atoms with Crippen LogP contribution in [0.4, 0.5) is 13.2 Å². The first-order valence-corrected chi connectivity index (χ1v) is 10.3. The fourth-order valence-electron chi connectivity index (χ4n) is 4.89. The molecule has 2 saturated heterocycles. The van der Waals surface area contributed by atoms with Crippen LogP contribution in [0.2, 0.25) is 0 Å². The lowest BCUT2D eigenvalue weighted by atomic mass is 9.95. The van der Waals surface area contributed by atoms with Crippen LogP contribution in [-0.4, -0.2) is 43.7 Å². The van der Waals surface area contributed by atoms with Crippen LogP contribution in [0.15, 0.2) is 36.5 Å². The normalized spacial score (nSPS) is 22.3. The third-order valence-corrected chi connectivity index (χ3v) is 6.29.